The van der Waals surface area contributed by atoms with Crippen molar-refractivity contribution in [2.24, 2.45) is 0 Å². The number of nitrogens with zero attached hydrogens (tertiary/aromatic N) is 1. The van der Waals surface area contributed by atoms with Gasteiger partial charge in [0.1, 0.15) is 12.4 Å². The summed E-state index contributed by atoms with van der Waals surface area (Å²) < 4.78 is 35.6. The van der Waals surface area contributed by atoms with Crippen molar-refractivity contribution in [2.75, 3.05) is 33.5 Å². The normalized spacial score (nSPS) is 16.7. The molecule has 2 rings (SSSR count). The molecule has 0 unspecified atom stereocenters. The minimum Gasteiger partial charge on any atom is -0.491 e. The van der Waals surface area contributed by atoms with Crippen molar-refractivity contribution in [3.63, 3.8) is 0 Å². The average molecular weight is 287 g/mol. The summed E-state index contributed by atoms with van der Waals surface area (Å²) in [6.07, 6.45) is 0.720. The van der Waals surface area contributed by atoms with Crippen molar-refractivity contribution < 1.29 is 22.7 Å². The van der Waals surface area contributed by atoms with Crippen LogP contribution in [0.5, 0.6) is 5.75 Å². The Bertz CT molecular complexity index is 493. The SMILES string of the molecule is COCCOc1ccc(S(=O)(=O)N2CCCO2)cc1. The molecule has 1 aliphatic heterocycles. The van der Waals surface area contributed by atoms with Crippen molar-refractivity contribution in [1.29, 1.82) is 0 Å². The Hall–Kier alpha value is -1.15. The number of hydroxylamine groups is 1. The van der Waals surface area contributed by atoms with E-state index in [-0.39, 0.29) is 4.90 Å². The lowest BCUT2D eigenvalue weighted by atomic mass is 10.3. The zero-order valence-corrected chi connectivity index (χ0v) is 11.6. The molecule has 7 heteroatoms. The summed E-state index contributed by atoms with van der Waals surface area (Å²) in [5, 5.41) is 0. The lowest BCUT2D eigenvalue weighted by Crippen LogP contribution is -2.26. The number of rotatable bonds is 6. The fourth-order valence-corrected chi connectivity index (χ4v) is 2.98. The highest BCUT2D eigenvalue weighted by Crippen LogP contribution is 2.22. The van der Waals surface area contributed by atoms with E-state index in [0.29, 0.717) is 32.1 Å². The van der Waals surface area contributed by atoms with E-state index in [1.165, 1.54) is 12.1 Å². The number of hydrogen-bond acceptors (Lipinski definition) is 5. The van der Waals surface area contributed by atoms with Gasteiger partial charge in [-0.25, -0.2) is 8.42 Å². The predicted octanol–water partition coefficient (Wildman–Crippen LogP) is 1.04. The average Bonchev–Trinajstić information content (AvgIpc) is 2.94. The minimum absolute atomic E-state index is 0.202. The summed E-state index contributed by atoms with van der Waals surface area (Å²) in [4.78, 5) is 5.28. The maximum absolute atomic E-state index is 12.1. The van der Waals surface area contributed by atoms with Gasteiger partial charge in [0.2, 0.25) is 0 Å². The van der Waals surface area contributed by atoms with Gasteiger partial charge in [0.05, 0.1) is 18.1 Å². The van der Waals surface area contributed by atoms with Crippen LogP contribution in [0.2, 0.25) is 0 Å². The molecule has 0 aromatic heterocycles. The lowest BCUT2D eigenvalue weighted by molar-refractivity contribution is -0.0284. The maximum Gasteiger partial charge on any atom is 0.265 e. The van der Waals surface area contributed by atoms with Gasteiger partial charge in [0, 0.05) is 13.7 Å². The largest absolute Gasteiger partial charge is 0.491 e. The first kappa shape index (κ1) is 14.3. The van der Waals surface area contributed by atoms with Gasteiger partial charge in [-0.15, -0.1) is 0 Å². The van der Waals surface area contributed by atoms with Gasteiger partial charge < -0.3 is 9.47 Å². The van der Waals surface area contributed by atoms with E-state index >= 15 is 0 Å². The van der Waals surface area contributed by atoms with Gasteiger partial charge in [-0.05, 0) is 30.7 Å². The molecule has 106 valence electrons. The topological polar surface area (TPSA) is 65.1 Å². The quantitative estimate of drug-likeness (QED) is 0.731. The van der Waals surface area contributed by atoms with Crippen LogP contribution >= 0.6 is 0 Å². The van der Waals surface area contributed by atoms with Crippen LogP contribution in [-0.4, -0.2) is 46.4 Å². The molecule has 19 heavy (non-hydrogen) atoms. The van der Waals surface area contributed by atoms with Crippen LogP contribution in [0.4, 0.5) is 0 Å². The summed E-state index contributed by atoms with van der Waals surface area (Å²) in [5.74, 6) is 0.610. The predicted molar refractivity (Wildman–Crippen MR) is 68.3 cm³/mol. The molecule has 1 aliphatic rings. The molecule has 0 radical (unpaired) electrons. The van der Waals surface area contributed by atoms with Crippen molar-refractivity contribution in [3.8, 4) is 5.75 Å². The first-order valence-corrected chi connectivity index (χ1v) is 7.46. The Balaban J connectivity index is 2.05. The Morgan fingerprint density at radius 2 is 2.00 bits per heavy atom. The summed E-state index contributed by atoms with van der Waals surface area (Å²) in [7, 11) is -1.96. The van der Waals surface area contributed by atoms with E-state index in [1.54, 1.807) is 19.2 Å². The third-order valence-electron chi connectivity index (χ3n) is 2.67. The fraction of sp³-hybridized carbons (Fsp3) is 0.500. The van der Waals surface area contributed by atoms with E-state index in [2.05, 4.69) is 0 Å². The summed E-state index contributed by atoms with van der Waals surface area (Å²) in [6.45, 7) is 1.76. The van der Waals surface area contributed by atoms with Crippen LogP contribution in [0.15, 0.2) is 29.2 Å². The highest BCUT2D eigenvalue weighted by Gasteiger charge is 2.28. The second-order valence-electron chi connectivity index (χ2n) is 4.03. The van der Waals surface area contributed by atoms with Crippen LogP contribution in [0.3, 0.4) is 0 Å². The molecule has 1 fully saturated rings. The summed E-state index contributed by atoms with van der Waals surface area (Å²) in [6, 6.07) is 6.27. The van der Waals surface area contributed by atoms with Crippen molar-refractivity contribution >= 4 is 10.0 Å². The number of methoxy groups -OCH3 is 1. The van der Waals surface area contributed by atoms with Crippen molar-refractivity contribution in [3.05, 3.63) is 24.3 Å². The van der Waals surface area contributed by atoms with Crippen LogP contribution in [0.25, 0.3) is 0 Å². The van der Waals surface area contributed by atoms with Gasteiger partial charge in [-0.2, -0.15) is 0 Å². The zero-order chi connectivity index (χ0) is 13.7. The number of hydrogen-bond donors (Lipinski definition) is 0. The molecule has 0 bridgehead atoms. The van der Waals surface area contributed by atoms with Gasteiger partial charge >= 0.3 is 0 Å². The molecule has 1 aromatic rings. The molecule has 0 saturated carbocycles. The minimum atomic E-state index is -3.55. The molecule has 6 nitrogen and oxygen atoms in total. The van der Waals surface area contributed by atoms with Crippen LogP contribution < -0.4 is 4.74 Å². The maximum atomic E-state index is 12.1. The fourth-order valence-electron chi connectivity index (χ4n) is 1.68. The summed E-state index contributed by atoms with van der Waals surface area (Å²) in [5.41, 5.74) is 0. The Kier molecular flexibility index (Phi) is 4.76. The monoisotopic (exact) mass is 287 g/mol. The molecule has 1 saturated heterocycles. The highest BCUT2D eigenvalue weighted by molar-refractivity contribution is 7.89. The standard InChI is InChI=1S/C12H17NO5S/c1-16-9-10-17-11-3-5-12(6-4-11)19(14,15)13-7-2-8-18-13/h3-6H,2,7-10H2,1H3. The smallest absolute Gasteiger partial charge is 0.265 e. The van der Waals surface area contributed by atoms with Gasteiger partial charge in [0.25, 0.3) is 10.0 Å². The second-order valence-corrected chi connectivity index (χ2v) is 5.86. The number of sulfonamides is 1. The first-order chi connectivity index (χ1) is 9.14. The highest BCUT2D eigenvalue weighted by atomic mass is 32.2. The molecular formula is C12H17NO5S. The lowest BCUT2D eigenvalue weighted by Gasteiger charge is -2.14. The van der Waals surface area contributed by atoms with Gasteiger partial charge in [0.15, 0.2) is 0 Å². The number of benzene rings is 1. The third kappa shape index (κ3) is 3.44. The van der Waals surface area contributed by atoms with E-state index in [9.17, 15) is 8.42 Å². The molecular weight excluding hydrogens is 270 g/mol. The summed E-state index contributed by atoms with van der Waals surface area (Å²) >= 11 is 0. The van der Waals surface area contributed by atoms with E-state index < -0.39 is 10.0 Å². The third-order valence-corrected chi connectivity index (χ3v) is 4.36. The second kappa shape index (κ2) is 6.33. The molecule has 1 aromatic carbocycles. The molecule has 0 spiro atoms. The molecule has 0 N–H and O–H groups in total. The van der Waals surface area contributed by atoms with E-state index in [0.717, 1.165) is 10.9 Å². The Labute approximate surface area is 112 Å². The van der Waals surface area contributed by atoms with E-state index in [1.807, 2.05) is 0 Å². The Morgan fingerprint density at radius 1 is 1.26 bits per heavy atom. The molecule has 1 heterocycles. The van der Waals surface area contributed by atoms with Crippen molar-refractivity contribution in [2.45, 2.75) is 11.3 Å². The Morgan fingerprint density at radius 3 is 2.58 bits per heavy atom. The van der Waals surface area contributed by atoms with E-state index in [4.69, 9.17) is 14.3 Å². The van der Waals surface area contributed by atoms with Gasteiger partial charge in [-0.3, -0.25) is 4.84 Å². The van der Waals surface area contributed by atoms with Crippen LogP contribution in [0.1, 0.15) is 6.42 Å². The van der Waals surface area contributed by atoms with Crippen molar-refractivity contribution in [1.82, 2.24) is 4.47 Å². The van der Waals surface area contributed by atoms with Crippen LogP contribution in [0, 0.1) is 0 Å². The number of ether oxygens (including phenoxy) is 2. The molecule has 0 atom stereocenters. The van der Waals surface area contributed by atoms with Crippen LogP contribution in [-0.2, 0) is 19.6 Å². The molecule has 0 aliphatic carbocycles. The van der Waals surface area contributed by atoms with Gasteiger partial charge in [-0.1, -0.05) is 4.47 Å². The first-order valence-electron chi connectivity index (χ1n) is 6.02. The zero-order valence-electron chi connectivity index (χ0n) is 10.7. The molecule has 0 amide bonds.